The van der Waals surface area contributed by atoms with E-state index in [1.54, 1.807) is 17.9 Å². The molecule has 0 aromatic carbocycles. The van der Waals surface area contributed by atoms with Gasteiger partial charge >= 0.3 is 5.97 Å². The highest BCUT2D eigenvalue weighted by atomic mass is 16.4. The Bertz CT molecular complexity index is 313. The molecular weight excluding hydrogens is 182 g/mol. The number of nitrogens with two attached hydrogens (primary N) is 1. The maximum absolute atomic E-state index is 10.8. The van der Waals surface area contributed by atoms with Gasteiger partial charge in [-0.1, -0.05) is 0 Å². The molecule has 0 aliphatic heterocycles. The predicted octanol–water partition coefficient (Wildman–Crippen LogP) is -0.0695. The van der Waals surface area contributed by atoms with Crippen LogP contribution in [0.3, 0.4) is 0 Å². The smallest absolute Gasteiger partial charge is 0.308 e. The number of hydrogen-bond acceptors (Lipinski definition) is 3. The van der Waals surface area contributed by atoms with Gasteiger partial charge in [0.05, 0.1) is 12.1 Å². The van der Waals surface area contributed by atoms with E-state index >= 15 is 0 Å². The van der Waals surface area contributed by atoms with Crippen LogP contribution in [0.5, 0.6) is 0 Å². The molecule has 0 saturated heterocycles. The minimum absolute atomic E-state index is 0.153. The number of rotatable bonds is 4. The van der Waals surface area contributed by atoms with Gasteiger partial charge in [-0.25, -0.2) is 0 Å². The number of hydrogen-bond donors (Lipinski definition) is 2. The molecule has 0 saturated carbocycles. The van der Waals surface area contributed by atoms with E-state index in [4.69, 9.17) is 10.8 Å². The Balaban J connectivity index is 2.81. The van der Waals surface area contributed by atoms with Gasteiger partial charge < -0.3 is 10.8 Å². The number of aryl methyl sites for hydroxylation is 2. The molecule has 1 unspecified atom stereocenters. The fraction of sp³-hybridized carbons (Fsp3) is 0.556. The van der Waals surface area contributed by atoms with Gasteiger partial charge in [0.1, 0.15) is 0 Å². The van der Waals surface area contributed by atoms with Crippen molar-refractivity contribution < 1.29 is 9.90 Å². The summed E-state index contributed by atoms with van der Waals surface area (Å²) in [5.74, 6) is -1.38. The van der Waals surface area contributed by atoms with Crippen LogP contribution in [-0.4, -0.2) is 27.4 Å². The summed E-state index contributed by atoms with van der Waals surface area (Å²) in [6.07, 6.45) is 2.17. The fourth-order valence-electron chi connectivity index (χ4n) is 1.37. The Morgan fingerprint density at radius 1 is 1.79 bits per heavy atom. The van der Waals surface area contributed by atoms with Crippen molar-refractivity contribution in [2.75, 3.05) is 6.54 Å². The van der Waals surface area contributed by atoms with E-state index in [0.717, 1.165) is 11.3 Å². The topological polar surface area (TPSA) is 81.1 Å². The molecule has 1 aromatic rings. The van der Waals surface area contributed by atoms with Gasteiger partial charge in [-0.15, -0.1) is 0 Å². The molecule has 0 aliphatic carbocycles. The van der Waals surface area contributed by atoms with Crippen LogP contribution in [0.25, 0.3) is 0 Å². The van der Waals surface area contributed by atoms with Gasteiger partial charge in [0.25, 0.3) is 0 Å². The molecule has 0 spiro atoms. The molecule has 0 aliphatic rings. The molecule has 0 fully saturated rings. The summed E-state index contributed by atoms with van der Waals surface area (Å²) in [6, 6.07) is 0. The van der Waals surface area contributed by atoms with Crippen LogP contribution in [0.15, 0.2) is 6.20 Å². The van der Waals surface area contributed by atoms with Crippen LogP contribution < -0.4 is 5.73 Å². The summed E-state index contributed by atoms with van der Waals surface area (Å²) in [6.45, 7) is 2.07. The summed E-state index contributed by atoms with van der Waals surface area (Å²) in [5.41, 5.74) is 7.32. The first-order valence-corrected chi connectivity index (χ1v) is 4.46. The van der Waals surface area contributed by atoms with Crippen LogP contribution in [0.4, 0.5) is 0 Å². The maximum Gasteiger partial charge on any atom is 0.308 e. The number of carboxylic acids is 1. The quantitative estimate of drug-likeness (QED) is 0.708. The van der Waals surface area contributed by atoms with Crippen molar-refractivity contribution in [1.29, 1.82) is 0 Å². The lowest BCUT2D eigenvalue weighted by atomic mass is 10.0. The van der Waals surface area contributed by atoms with E-state index in [0.29, 0.717) is 6.42 Å². The zero-order valence-corrected chi connectivity index (χ0v) is 8.40. The Labute approximate surface area is 82.5 Å². The van der Waals surface area contributed by atoms with Crippen LogP contribution >= 0.6 is 0 Å². The van der Waals surface area contributed by atoms with E-state index in [-0.39, 0.29) is 6.54 Å². The third kappa shape index (κ3) is 2.11. The van der Waals surface area contributed by atoms with Crippen molar-refractivity contribution in [2.24, 2.45) is 18.7 Å². The molecule has 78 valence electrons. The molecule has 1 atom stereocenters. The number of carbonyl (C=O) groups is 1. The molecule has 1 heterocycles. The first-order chi connectivity index (χ1) is 6.56. The molecule has 1 aromatic heterocycles. The second-order valence-electron chi connectivity index (χ2n) is 3.37. The Morgan fingerprint density at radius 3 is 2.79 bits per heavy atom. The normalized spacial score (nSPS) is 12.8. The fourth-order valence-corrected chi connectivity index (χ4v) is 1.37. The Hall–Kier alpha value is -1.36. The second kappa shape index (κ2) is 4.23. The van der Waals surface area contributed by atoms with Gasteiger partial charge in [-0.3, -0.25) is 9.48 Å². The first-order valence-electron chi connectivity index (χ1n) is 4.46. The maximum atomic E-state index is 10.8. The van der Waals surface area contributed by atoms with E-state index < -0.39 is 11.9 Å². The minimum Gasteiger partial charge on any atom is -0.481 e. The lowest BCUT2D eigenvalue weighted by Gasteiger charge is -2.10. The number of aromatic nitrogens is 2. The summed E-state index contributed by atoms with van der Waals surface area (Å²) in [5, 5.41) is 12.9. The molecule has 14 heavy (non-hydrogen) atoms. The van der Waals surface area contributed by atoms with E-state index in [1.165, 1.54) is 0 Å². The molecule has 0 radical (unpaired) electrons. The van der Waals surface area contributed by atoms with Crippen molar-refractivity contribution in [3.8, 4) is 0 Å². The minimum atomic E-state index is -0.854. The monoisotopic (exact) mass is 197 g/mol. The third-order valence-corrected chi connectivity index (χ3v) is 2.34. The van der Waals surface area contributed by atoms with Crippen molar-refractivity contribution >= 4 is 5.97 Å². The summed E-state index contributed by atoms with van der Waals surface area (Å²) < 4.78 is 1.70. The molecule has 0 amide bonds. The zero-order valence-electron chi connectivity index (χ0n) is 8.40. The highest BCUT2D eigenvalue weighted by molar-refractivity contribution is 5.70. The lowest BCUT2D eigenvalue weighted by molar-refractivity contribution is -0.141. The van der Waals surface area contributed by atoms with Crippen molar-refractivity contribution in [3.05, 3.63) is 17.5 Å². The van der Waals surface area contributed by atoms with Gasteiger partial charge in [0, 0.05) is 25.7 Å². The average Bonchev–Trinajstić information content (AvgIpc) is 2.43. The molecule has 5 nitrogen and oxygen atoms in total. The van der Waals surface area contributed by atoms with Crippen LogP contribution in [0.2, 0.25) is 0 Å². The largest absolute Gasteiger partial charge is 0.481 e. The SMILES string of the molecule is Cc1cnn(C)c1CC(CN)C(=O)O. The molecule has 3 N–H and O–H groups in total. The van der Waals surface area contributed by atoms with Gasteiger partial charge in [0.15, 0.2) is 0 Å². The number of aliphatic carboxylic acids is 1. The van der Waals surface area contributed by atoms with Gasteiger partial charge in [-0.2, -0.15) is 5.10 Å². The van der Waals surface area contributed by atoms with E-state index in [9.17, 15) is 4.79 Å². The Kier molecular flexibility index (Phi) is 3.24. The number of nitrogens with zero attached hydrogens (tertiary/aromatic N) is 2. The second-order valence-corrected chi connectivity index (χ2v) is 3.37. The van der Waals surface area contributed by atoms with Crippen molar-refractivity contribution in [3.63, 3.8) is 0 Å². The highest BCUT2D eigenvalue weighted by Gasteiger charge is 2.18. The molecule has 1 rings (SSSR count). The molecule has 0 bridgehead atoms. The molecular formula is C9H15N3O2. The summed E-state index contributed by atoms with van der Waals surface area (Å²) in [7, 11) is 1.80. The standard InChI is InChI=1S/C9H15N3O2/c1-6-5-11-12(2)8(6)3-7(4-10)9(13)14/h5,7H,3-4,10H2,1-2H3,(H,13,14). The van der Waals surface area contributed by atoms with Gasteiger partial charge in [0.2, 0.25) is 0 Å². The third-order valence-electron chi connectivity index (χ3n) is 2.34. The van der Waals surface area contributed by atoms with Crippen molar-refractivity contribution in [1.82, 2.24) is 9.78 Å². The van der Waals surface area contributed by atoms with Crippen LogP contribution in [-0.2, 0) is 18.3 Å². The highest BCUT2D eigenvalue weighted by Crippen LogP contribution is 2.11. The molecule has 5 heteroatoms. The summed E-state index contributed by atoms with van der Waals surface area (Å²) in [4.78, 5) is 10.8. The number of carboxylic acid groups (broad SMARTS) is 1. The van der Waals surface area contributed by atoms with Crippen LogP contribution in [0, 0.1) is 12.8 Å². The van der Waals surface area contributed by atoms with Crippen LogP contribution in [0.1, 0.15) is 11.3 Å². The summed E-state index contributed by atoms with van der Waals surface area (Å²) >= 11 is 0. The van der Waals surface area contributed by atoms with Gasteiger partial charge in [-0.05, 0) is 12.5 Å². The predicted molar refractivity (Wildman–Crippen MR) is 51.8 cm³/mol. The zero-order chi connectivity index (χ0) is 10.7. The first kappa shape index (κ1) is 10.7. The Morgan fingerprint density at radius 2 is 2.43 bits per heavy atom. The van der Waals surface area contributed by atoms with Crippen molar-refractivity contribution in [2.45, 2.75) is 13.3 Å². The van der Waals surface area contributed by atoms with E-state index in [1.807, 2.05) is 6.92 Å². The van der Waals surface area contributed by atoms with E-state index in [2.05, 4.69) is 5.10 Å². The average molecular weight is 197 g/mol. The lowest BCUT2D eigenvalue weighted by Crippen LogP contribution is -2.26.